The molecule has 19 heavy (non-hydrogen) atoms. The van der Waals surface area contributed by atoms with Gasteiger partial charge in [-0.1, -0.05) is 0 Å². The fraction of sp³-hybridized carbons (Fsp3) is 0.500. The lowest BCUT2D eigenvalue weighted by molar-refractivity contribution is 0.339. The van der Waals surface area contributed by atoms with Crippen LogP contribution in [-0.2, 0) is 13.5 Å². The molecule has 2 N–H and O–H groups in total. The Labute approximate surface area is 118 Å². The minimum atomic E-state index is 0.611. The molecule has 0 spiro atoms. The van der Waals surface area contributed by atoms with Crippen molar-refractivity contribution in [2.75, 3.05) is 30.8 Å². The van der Waals surface area contributed by atoms with Crippen molar-refractivity contribution in [2.24, 2.45) is 13.0 Å². The van der Waals surface area contributed by atoms with Gasteiger partial charge in [0.05, 0.1) is 11.0 Å². The number of fused-ring (bicyclic) bond motifs is 1. The first-order valence-corrected chi connectivity index (χ1v) is 7.27. The summed E-state index contributed by atoms with van der Waals surface area (Å²) in [6.07, 6.45) is 1.06. The number of alkyl halides is 1. The molecule has 1 aliphatic heterocycles. The van der Waals surface area contributed by atoms with Gasteiger partial charge in [0.1, 0.15) is 5.82 Å². The van der Waals surface area contributed by atoms with Crippen molar-refractivity contribution in [1.82, 2.24) is 14.9 Å². The number of imidazole rings is 1. The van der Waals surface area contributed by atoms with E-state index in [1.165, 1.54) is 11.3 Å². The Kier molecular flexibility index (Phi) is 3.62. The molecule has 1 aromatic heterocycles. The number of hydrogen-bond acceptors (Lipinski definition) is 3. The number of aryl methyl sites for hydroxylation is 1. The first kappa shape index (κ1) is 12.8. The molecule has 1 aliphatic rings. The highest BCUT2D eigenvalue weighted by Gasteiger charge is 2.20. The van der Waals surface area contributed by atoms with Crippen molar-refractivity contribution in [2.45, 2.75) is 6.42 Å². The highest BCUT2D eigenvalue weighted by Crippen LogP contribution is 2.21. The van der Waals surface area contributed by atoms with Crippen molar-refractivity contribution < 1.29 is 0 Å². The number of rotatable bonds is 5. The van der Waals surface area contributed by atoms with Crippen LogP contribution in [0.4, 0.5) is 5.69 Å². The van der Waals surface area contributed by atoms with E-state index >= 15 is 0 Å². The van der Waals surface area contributed by atoms with Gasteiger partial charge in [0, 0.05) is 31.6 Å². The maximum absolute atomic E-state index is 5.69. The average Bonchev–Trinajstić information content (AvgIpc) is 2.68. The highest BCUT2D eigenvalue weighted by molar-refractivity contribution is 6.18. The lowest BCUT2D eigenvalue weighted by Crippen LogP contribution is -2.43. The number of anilines is 1. The number of benzene rings is 1. The number of nitrogens with zero attached hydrogens (tertiary/aromatic N) is 2. The average molecular weight is 279 g/mol. The Bertz CT molecular complexity index is 574. The summed E-state index contributed by atoms with van der Waals surface area (Å²) in [5, 5.41) is 6.59. The number of aromatic nitrogens is 2. The molecule has 2 aromatic rings. The van der Waals surface area contributed by atoms with Crippen LogP contribution in [-0.4, -0.2) is 35.1 Å². The van der Waals surface area contributed by atoms with Crippen molar-refractivity contribution in [3.63, 3.8) is 0 Å². The normalized spacial score (nSPS) is 15.7. The van der Waals surface area contributed by atoms with Gasteiger partial charge >= 0.3 is 0 Å². The quantitative estimate of drug-likeness (QED) is 0.822. The topological polar surface area (TPSA) is 41.9 Å². The summed E-state index contributed by atoms with van der Waals surface area (Å²) in [6, 6.07) is 6.32. The zero-order chi connectivity index (χ0) is 13.2. The van der Waals surface area contributed by atoms with E-state index < -0.39 is 0 Å². The second-order valence-corrected chi connectivity index (χ2v) is 5.51. The van der Waals surface area contributed by atoms with Crippen LogP contribution in [0.15, 0.2) is 18.2 Å². The molecular formula is C14H19ClN4. The number of halogens is 1. The third-order valence-corrected chi connectivity index (χ3v) is 3.92. The molecule has 4 nitrogen and oxygen atoms in total. The molecule has 1 saturated heterocycles. The molecular weight excluding hydrogens is 260 g/mol. The zero-order valence-corrected chi connectivity index (χ0v) is 11.9. The predicted octanol–water partition coefficient (Wildman–Crippen LogP) is 1.99. The van der Waals surface area contributed by atoms with E-state index in [0.717, 1.165) is 43.2 Å². The van der Waals surface area contributed by atoms with Crippen molar-refractivity contribution >= 4 is 28.3 Å². The smallest absolute Gasteiger partial charge is 0.109 e. The van der Waals surface area contributed by atoms with Gasteiger partial charge in [-0.3, -0.25) is 0 Å². The zero-order valence-electron chi connectivity index (χ0n) is 11.1. The van der Waals surface area contributed by atoms with Crippen molar-refractivity contribution in [3.05, 3.63) is 24.0 Å². The van der Waals surface area contributed by atoms with Crippen LogP contribution in [0.3, 0.4) is 0 Å². The maximum Gasteiger partial charge on any atom is 0.109 e. The van der Waals surface area contributed by atoms with E-state index in [1.807, 2.05) is 0 Å². The maximum atomic E-state index is 5.69. The van der Waals surface area contributed by atoms with Crippen molar-refractivity contribution in [3.8, 4) is 0 Å². The molecule has 0 atom stereocenters. The Balaban J connectivity index is 1.86. The summed E-state index contributed by atoms with van der Waals surface area (Å²) in [5.41, 5.74) is 3.34. The summed E-state index contributed by atoms with van der Waals surface area (Å²) < 4.78 is 2.21. The predicted molar refractivity (Wildman–Crippen MR) is 80.0 cm³/mol. The molecule has 1 aromatic carbocycles. The third-order valence-electron chi connectivity index (χ3n) is 3.73. The van der Waals surface area contributed by atoms with Crippen LogP contribution in [0.1, 0.15) is 5.82 Å². The van der Waals surface area contributed by atoms with Gasteiger partial charge in [0.25, 0.3) is 0 Å². The first-order chi connectivity index (χ1) is 9.28. The minimum absolute atomic E-state index is 0.611. The van der Waals surface area contributed by atoms with Crippen molar-refractivity contribution in [1.29, 1.82) is 0 Å². The lowest BCUT2D eigenvalue weighted by atomic mass is 9.99. The monoisotopic (exact) mass is 278 g/mol. The molecule has 102 valence electrons. The molecule has 2 heterocycles. The summed E-state index contributed by atoms with van der Waals surface area (Å²) in [4.78, 5) is 4.77. The van der Waals surface area contributed by atoms with Crippen LogP contribution in [0.2, 0.25) is 0 Å². The number of nitrogens with one attached hydrogen (secondary N) is 2. The second-order valence-electron chi connectivity index (χ2n) is 5.13. The van der Waals surface area contributed by atoms with Crippen LogP contribution >= 0.6 is 11.6 Å². The first-order valence-electron chi connectivity index (χ1n) is 6.74. The van der Waals surface area contributed by atoms with E-state index in [-0.39, 0.29) is 0 Å². The Morgan fingerprint density at radius 1 is 1.47 bits per heavy atom. The van der Waals surface area contributed by atoms with E-state index in [4.69, 9.17) is 16.6 Å². The molecule has 1 fully saturated rings. The van der Waals surface area contributed by atoms with Gasteiger partial charge in [-0.25, -0.2) is 4.98 Å². The largest absolute Gasteiger partial charge is 0.384 e. The van der Waals surface area contributed by atoms with Crippen LogP contribution < -0.4 is 10.6 Å². The summed E-state index contributed by atoms with van der Waals surface area (Å²) in [7, 11) is 2.10. The van der Waals surface area contributed by atoms with Crippen LogP contribution in [0, 0.1) is 5.92 Å². The Morgan fingerprint density at radius 3 is 3.00 bits per heavy atom. The summed E-state index contributed by atoms with van der Waals surface area (Å²) in [6.45, 7) is 3.01. The third kappa shape index (κ3) is 2.55. The fourth-order valence-corrected chi connectivity index (χ4v) is 2.58. The second kappa shape index (κ2) is 5.39. The molecule has 0 bridgehead atoms. The molecule has 3 rings (SSSR count). The van der Waals surface area contributed by atoms with E-state index in [9.17, 15) is 0 Å². The molecule has 0 amide bonds. The van der Waals surface area contributed by atoms with Crippen LogP contribution in [0.5, 0.6) is 0 Å². The molecule has 0 unspecified atom stereocenters. The van der Waals surface area contributed by atoms with Gasteiger partial charge in [-0.15, -0.1) is 11.6 Å². The Hall–Kier alpha value is -1.26. The summed E-state index contributed by atoms with van der Waals surface area (Å²) in [5.74, 6) is 2.53. The summed E-state index contributed by atoms with van der Waals surface area (Å²) >= 11 is 5.69. The van der Waals surface area contributed by atoms with Gasteiger partial charge in [0.2, 0.25) is 0 Å². The molecule has 0 aliphatic carbocycles. The van der Waals surface area contributed by atoms with Gasteiger partial charge in [0.15, 0.2) is 0 Å². The van der Waals surface area contributed by atoms with Gasteiger partial charge in [-0.2, -0.15) is 0 Å². The number of hydrogen-bond donors (Lipinski definition) is 2. The standard InChI is InChI=1S/C14H19ClN4/c1-19-13-3-2-11(17-5-4-15)7-12(13)18-14(19)6-10-8-16-9-10/h2-3,7,10,16-17H,4-6,8-9H2,1H3. The molecule has 0 radical (unpaired) electrons. The lowest BCUT2D eigenvalue weighted by Gasteiger charge is -2.26. The van der Waals surface area contributed by atoms with Gasteiger partial charge < -0.3 is 15.2 Å². The molecule has 0 saturated carbocycles. The minimum Gasteiger partial charge on any atom is -0.384 e. The van der Waals surface area contributed by atoms with E-state index in [2.05, 4.69) is 40.4 Å². The van der Waals surface area contributed by atoms with Crippen LogP contribution in [0.25, 0.3) is 11.0 Å². The van der Waals surface area contributed by atoms with Gasteiger partial charge in [-0.05, 0) is 37.2 Å². The molecule has 5 heteroatoms. The van der Waals surface area contributed by atoms with E-state index in [0.29, 0.717) is 5.88 Å². The van der Waals surface area contributed by atoms with E-state index in [1.54, 1.807) is 0 Å². The Morgan fingerprint density at radius 2 is 2.32 bits per heavy atom. The SMILES string of the molecule is Cn1c(CC2CNC2)nc2cc(NCCCl)ccc21. The fourth-order valence-electron chi connectivity index (χ4n) is 2.48. The highest BCUT2D eigenvalue weighted by atomic mass is 35.5.